The van der Waals surface area contributed by atoms with Crippen molar-refractivity contribution in [3.63, 3.8) is 0 Å². The summed E-state index contributed by atoms with van der Waals surface area (Å²) in [6.45, 7) is 4.85. The fourth-order valence-electron chi connectivity index (χ4n) is 6.68. The molecule has 0 radical (unpaired) electrons. The number of aromatic nitrogens is 1. The lowest BCUT2D eigenvalue weighted by Crippen LogP contribution is -2.48. The summed E-state index contributed by atoms with van der Waals surface area (Å²) in [6.07, 6.45) is 7.05. The number of carbonyl (C=O) groups excluding carboxylic acids is 1. The maximum Gasteiger partial charge on any atom is 0.223 e. The van der Waals surface area contributed by atoms with Crippen molar-refractivity contribution in [2.45, 2.75) is 18.9 Å². The van der Waals surface area contributed by atoms with Crippen LogP contribution in [0.25, 0.3) is 17.0 Å². The van der Waals surface area contributed by atoms with Crippen LogP contribution in [0.1, 0.15) is 34.6 Å². The normalized spacial score (nSPS) is 14.4. The summed E-state index contributed by atoms with van der Waals surface area (Å²) < 4.78 is 8.58. The standard InChI is InChI=1S/C43H41N3O2/c47-43(45-28-26-44(27-29-45)25-13-18-34-14-4-1-5-15-34)31-40(36-19-12-22-38(30-36)48-37-20-8-3-9-21-37)41-33-46(32-35-16-6-2-7-17-35)42-24-11-10-23-39(41)42/h1-24,30,33,40H,25-29,31-32H2/b18-13+/t40-/m1/s1. The molecule has 1 aromatic heterocycles. The first-order valence-electron chi connectivity index (χ1n) is 16.9. The zero-order valence-electron chi connectivity index (χ0n) is 27.2. The second-order valence-electron chi connectivity index (χ2n) is 12.5. The summed E-state index contributed by atoms with van der Waals surface area (Å²) >= 11 is 0. The summed E-state index contributed by atoms with van der Waals surface area (Å²) in [5.74, 6) is 1.61. The Kier molecular flexibility index (Phi) is 9.76. The van der Waals surface area contributed by atoms with E-state index in [9.17, 15) is 4.79 Å². The zero-order valence-corrected chi connectivity index (χ0v) is 27.2. The van der Waals surface area contributed by atoms with Gasteiger partial charge < -0.3 is 14.2 Å². The van der Waals surface area contributed by atoms with Gasteiger partial charge in [0.05, 0.1) is 0 Å². The van der Waals surface area contributed by atoms with Crippen LogP contribution in [0.15, 0.2) is 152 Å². The van der Waals surface area contributed by atoms with Gasteiger partial charge in [0.15, 0.2) is 0 Å². The molecule has 5 nitrogen and oxygen atoms in total. The van der Waals surface area contributed by atoms with Crippen LogP contribution in [0, 0.1) is 0 Å². The molecule has 0 N–H and O–H groups in total. The quantitative estimate of drug-likeness (QED) is 0.143. The highest BCUT2D eigenvalue weighted by molar-refractivity contribution is 5.87. The Labute approximate surface area is 283 Å². The van der Waals surface area contributed by atoms with Crippen LogP contribution in [0.5, 0.6) is 11.5 Å². The SMILES string of the molecule is O=C(C[C@H](c1cccc(Oc2ccccc2)c1)c1cn(Cc2ccccc2)c2ccccc12)N1CCN(C/C=C/c2ccccc2)CC1. The van der Waals surface area contributed by atoms with Crippen molar-refractivity contribution in [2.24, 2.45) is 0 Å². The van der Waals surface area contributed by atoms with E-state index in [1.54, 1.807) is 0 Å². The molecule has 1 aliphatic rings. The third-order valence-electron chi connectivity index (χ3n) is 9.21. The van der Waals surface area contributed by atoms with Crippen LogP contribution in [-0.2, 0) is 11.3 Å². The number of piperazine rings is 1. The van der Waals surface area contributed by atoms with Gasteiger partial charge >= 0.3 is 0 Å². The highest BCUT2D eigenvalue weighted by Crippen LogP contribution is 2.37. The minimum atomic E-state index is -0.134. The molecule has 5 heteroatoms. The van der Waals surface area contributed by atoms with E-state index in [1.807, 2.05) is 48.5 Å². The van der Waals surface area contributed by atoms with Crippen molar-refractivity contribution in [1.29, 1.82) is 0 Å². The smallest absolute Gasteiger partial charge is 0.223 e. The van der Waals surface area contributed by atoms with E-state index in [4.69, 9.17) is 4.74 Å². The van der Waals surface area contributed by atoms with Gasteiger partial charge in [-0.15, -0.1) is 0 Å². The molecule has 240 valence electrons. The van der Waals surface area contributed by atoms with Gasteiger partial charge in [-0.05, 0) is 52.6 Å². The van der Waals surface area contributed by atoms with E-state index >= 15 is 0 Å². The Balaban J connectivity index is 1.14. The number of nitrogens with zero attached hydrogens (tertiary/aromatic N) is 3. The van der Waals surface area contributed by atoms with Crippen LogP contribution in [-0.4, -0.2) is 53.0 Å². The maximum absolute atomic E-state index is 14.1. The van der Waals surface area contributed by atoms with Gasteiger partial charge in [0.1, 0.15) is 11.5 Å². The molecule has 2 heterocycles. The average Bonchev–Trinajstić information content (AvgIpc) is 3.50. The summed E-state index contributed by atoms with van der Waals surface area (Å²) in [6, 6.07) is 47.6. The zero-order chi connectivity index (χ0) is 32.5. The van der Waals surface area contributed by atoms with E-state index in [-0.39, 0.29) is 11.8 Å². The van der Waals surface area contributed by atoms with Crippen molar-refractivity contribution in [1.82, 2.24) is 14.4 Å². The monoisotopic (exact) mass is 631 g/mol. The molecular weight excluding hydrogens is 590 g/mol. The van der Waals surface area contributed by atoms with Gasteiger partial charge in [0.25, 0.3) is 0 Å². The average molecular weight is 632 g/mol. The van der Waals surface area contributed by atoms with Crippen LogP contribution in [0.4, 0.5) is 0 Å². The number of hydrogen-bond acceptors (Lipinski definition) is 3. The van der Waals surface area contributed by atoms with E-state index in [0.29, 0.717) is 6.42 Å². The van der Waals surface area contributed by atoms with Gasteiger partial charge in [-0.25, -0.2) is 0 Å². The Morgan fingerprint density at radius 3 is 2.15 bits per heavy atom. The molecular formula is C43H41N3O2. The fraction of sp³-hybridized carbons (Fsp3) is 0.186. The molecule has 1 atom stereocenters. The number of carbonyl (C=O) groups is 1. The second kappa shape index (κ2) is 15.0. The third-order valence-corrected chi connectivity index (χ3v) is 9.21. The van der Waals surface area contributed by atoms with E-state index in [1.165, 1.54) is 22.0 Å². The largest absolute Gasteiger partial charge is 0.457 e. The highest BCUT2D eigenvalue weighted by atomic mass is 16.5. The summed E-state index contributed by atoms with van der Waals surface area (Å²) in [7, 11) is 0. The maximum atomic E-state index is 14.1. The Morgan fingerprint density at radius 2 is 1.38 bits per heavy atom. The predicted octanol–water partition coefficient (Wildman–Crippen LogP) is 8.86. The van der Waals surface area contributed by atoms with Crippen molar-refractivity contribution in [3.05, 3.63) is 174 Å². The Bertz CT molecular complexity index is 1960. The number of amides is 1. The first kappa shape index (κ1) is 31.2. The lowest BCUT2D eigenvalue weighted by Gasteiger charge is -2.35. The van der Waals surface area contributed by atoms with Crippen molar-refractivity contribution in [3.8, 4) is 11.5 Å². The molecule has 1 fully saturated rings. The molecule has 0 aliphatic carbocycles. The molecule has 1 aliphatic heterocycles. The Hall–Kier alpha value is -5.39. The molecule has 0 bridgehead atoms. The van der Waals surface area contributed by atoms with E-state index in [2.05, 4.69) is 124 Å². The fourth-order valence-corrected chi connectivity index (χ4v) is 6.68. The van der Waals surface area contributed by atoms with Gasteiger partial charge in [-0.1, -0.05) is 121 Å². The lowest BCUT2D eigenvalue weighted by molar-refractivity contribution is -0.133. The molecule has 6 aromatic rings. The first-order valence-corrected chi connectivity index (χ1v) is 16.9. The third kappa shape index (κ3) is 7.59. The number of para-hydroxylation sites is 2. The lowest BCUT2D eigenvalue weighted by atomic mass is 9.87. The minimum absolute atomic E-state index is 0.134. The van der Waals surface area contributed by atoms with Crippen molar-refractivity contribution < 1.29 is 9.53 Å². The van der Waals surface area contributed by atoms with Crippen molar-refractivity contribution in [2.75, 3.05) is 32.7 Å². The molecule has 1 amide bonds. The summed E-state index contributed by atoms with van der Waals surface area (Å²) in [5, 5.41) is 1.18. The minimum Gasteiger partial charge on any atom is -0.457 e. The number of fused-ring (bicyclic) bond motifs is 1. The number of benzene rings is 5. The summed E-state index contributed by atoms with van der Waals surface area (Å²) in [4.78, 5) is 18.6. The van der Waals surface area contributed by atoms with Crippen LogP contribution in [0.2, 0.25) is 0 Å². The molecule has 0 spiro atoms. The molecule has 7 rings (SSSR count). The topological polar surface area (TPSA) is 37.7 Å². The highest BCUT2D eigenvalue weighted by Gasteiger charge is 2.27. The van der Waals surface area contributed by atoms with Crippen LogP contribution in [0.3, 0.4) is 0 Å². The predicted molar refractivity (Wildman–Crippen MR) is 195 cm³/mol. The molecule has 48 heavy (non-hydrogen) atoms. The van der Waals surface area contributed by atoms with Gasteiger partial charge in [0.2, 0.25) is 5.91 Å². The molecule has 5 aromatic carbocycles. The first-order chi connectivity index (χ1) is 23.7. The van der Waals surface area contributed by atoms with Crippen LogP contribution >= 0.6 is 0 Å². The van der Waals surface area contributed by atoms with Crippen molar-refractivity contribution >= 4 is 22.9 Å². The molecule has 0 unspecified atom stereocenters. The Morgan fingerprint density at radius 1 is 0.708 bits per heavy atom. The molecule has 0 saturated carbocycles. The number of hydrogen-bond donors (Lipinski definition) is 0. The second-order valence-corrected chi connectivity index (χ2v) is 12.5. The van der Waals surface area contributed by atoms with Gasteiger partial charge in [0, 0.05) is 68.7 Å². The van der Waals surface area contributed by atoms with Gasteiger partial charge in [-0.2, -0.15) is 0 Å². The summed E-state index contributed by atoms with van der Waals surface area (Å²) in [5.41, 5.74) is 5.86. The van der Waals surface area contributed by atoms with E-state index in [0.717, 1.165) is 61.9 Å². The number of rotatable bonds is 11. The van der Waals surface area contributed by atoms with E-state index < -0.39 is 0 Å². The molecule has 1 saturated heterocycles. The van der Waals surface area contributed by atoms with Crippen LogP contribution < -0.4 is 4.74 Å². The van der Waals surface area contributed by atoms with Gasteiger partial charge in [-0.3, -0.25) is 9.69 Å². The number of ether oxygens (including phenoxy) is 1.